The molecule has 2 aliphatic heterocycles. The van der Waals surface area contributed by atoms with E-state index in [4.69, 9.17) is 0 Å². The van der Waals surface area contributed by atoms with E-state index in [1.807, 2.05) is 6.07 Å². The molecule has 3 aliphatic rings. The van der Waals surface area contributed by atoms with Crippen LogP contribution in [0.15, 0.2) is 42.5 Å². The molecule has 0 radical (unpaired) electrons. The first-order chi connectivity index (χ1) is 16.2. The van der Waals surface area contributed by atoms with Gasteiger partial charge < -0.3 is 9.80 Å². The number of benzene rings is 2. The number of fused-ring (bicyclic) bond motifs is 1. The summed E-state index contributed by atoms with van der Waals surface area (Å²) < 4.78 is 39.8. The van der Waals surface area contributed by atoms with Gasteiger partial charge >= 0.3 is 0 Å². The van der Waals surface area contributed by atoms with Crippen LogP contribution in [0.3, 0.4) is 0 Å². The molecule has 5 rings (SSSR count). The van der Waals surface area contributed by atoms with E-state index in [1.165, 1.54) is 11.8 Å². The zero-order chi connectivity index (χ0) is 24.0. The van der Waals surface area contributed by atoms with Crippen LogP contribution in [0.5, 0.6) is 0 Å². The van der Waals surface area contributed by atoms with E-state index in [2.05, 4.69) is 59.1 Å². The van der Waals surface area contributed by atoms with Crippen molar-refractivity contribution in [3.05, 3.63) is 65.0 Å². The number of likely N-dealkylation sites (tertiary alicyclic amines) is 1. The van der Waals surface area contributed by atoms with Crippen LogP contribution >= 0.6 is 0 Å². The highest BCUT2D eigenvalue weighted by atomic mass is 32.2. The summed E-state index contributed by atoms with van der Waals surface area (Å²) in [5, 5.41) is 0. The summed E-state index contributed by atoms with van der Waals surface area (Å²) in [5.74, 6) is 0.298. The van der Waals surface area contributed by atoms with Gasteiger partial charge in [-0.3, -0.25) is 4.90 Å². The molecular weight excluding hydrogens is 451 g/mol. The first kappa shape index (κ1) is 23.7. The van der Waals surface area contributed by atoms with Crippen molar-refractivity contribution >= 4 is 15.7 Å². The summed E-state index contributed by atoms with van der Waals surface area (Å²) >= 11 is 0. The van der Waals surface area contributed by atoms with E-state index in [0.29, 0.717) is 38.1 Å². The summed E-state index contributed by atoms with van der Waals surface area (Å²) in [6.07, 6.45) is 3.22. The molecule has 0 amide bonds. The van der Waals surface area contributed by atoms with Crippen molar-refractivity contribution < 1.29 is 12.8 Å². The molecule has 34 heavy (non-hydrogen) atoms. The van der Waals surface area contributed by atoms with Gasteiger partial charge in [0, 0.05) is 68.5 Å². The van der Waals surface area contributed by atoms with Crippen molar-refractivity contribution in [2.45, 2.75) is 30.8 Å². The molecule has 184 valence electrons. The number of nitrogens with zero attached hydrogens (tertiary/aromatic N) is 4. The average molecular weight is 487 g/mol. The predicted molar refractivity (Wildman–Crippen MR) is 134 cm³/mol. The summed E-state index contributed by atoms with van der Waals surface area (Å²) in [5.41, 5.74) is 4.52. The van der Waals surface area contributed by atoms with E-state index in [0.717, 1.165) is 42.7 Å². The minimum Gasteiger partial charge on any atom is -0.369 e. The van der Waals surface area contributed by atoms with Gasteiger partial charge in [0.1, 0.15) is 5.82 Å². The Labute approximate surface area is 203 Å². The molecule has 2 aromatic carbocycles. The van der Waals surface area contributed by atoms with Crippen LogP contribution in [-0.4, -0.2) is 88.2 Å². The molecule has 0 N–H and O–H groups in total. The lowest BCUT2D eigenvalue weighted by Crippen LogP contribution is -2.48. The standard InChI is InChI=1S/C26H35FN4O2S/c1-28(2)25-18-30(24-12-9-20-5-4-6-23(27)26(20)24)17-22(25)19-7-10-21(11-8-19)29-13-15-31(16-14-29)34(3,32)33/h4-8,10-11,22,24-25H,9,12-18H2,1-3H3/t22-,24+,25+/m0/s1. The van der Waals surface area contributed by atoms with Crippen molar-refractivity contribution in [1.29, 1.82) is 0 Å². The Balaban J connectivity index is 1.31. The number of halogens is 1. The highest BCUT2D eigenvalue weighted by Crippen LogP contribution is 2.42. The molecule has 3 atom stereocenters. The number of aryl methyl sites for hydroxylation is 1. The minimum absolute atomic E-state index is 0.0647. The first-order valence-corrected chi connectivity index (χ1v) is 14.0. The van der Waals surface area contributed by atoms with Gasteiger partial charge in [0.15, 0.2) is 0 Å². The van der Waals surface area contributed by atoms with Gasteiger partial charge in [0.2, 0.25) is 10.0 Å². The van der Waals surface area contributed by atoms with E-state index in [9.17, 15) is 12.8 Å². The largest absolute Gasteiger partial charge is 0.369 e. The smallest absolute Gasteiger partial charge is 0.211 e. The molecule has 0 saturated carbocycles. The maximum atomic E-state index is 14.7. The van der Waals surface area contributed by atoms with Crippen molar-refractivity contribution in [1.82, 2.24) is 14.1 Å². The lowest BCUT2D eigenvalue weighted by molar-refractivity contribution is 0.213. The van der Waals surface area contributed by atoms with E-state index < -0.39 is 10.0 Å². The third-order valence-electron chi connectivity index (χ3n) is 7.98. The number of piperazine rings is 1. The number of sulfonamides is 1. The molecule has 0 aromatic heterocycles. The summed E-state index contributed by atoms with van der Waals surface area (Å²) in [6, 6.07) is 14.8. The quantitative estimate of drug-likeness (QED) is 0.651. The molecule has 2 heterocycles. The zero-order valence-electron chi connectivity index (χ0n) is 20.3. The maximum Gasteiger partial charge on any atom is 0.211 e. The number of likely N-dealkylation sites (N-methyl/N-ethyl adjacent to an activating group) is 1. The maximum absolute atomic E-state index is 14.7. The lowest BCUT2D eigenvalue weighted by atomic mass is 9.93. The monoisotopic (exact) mass is 486 g/mol. The Bertz CT molecular complexity index is 1130. The van der Waals surface area contributed by atoms with Crippen LogP contribution in [0.1, 0.15) is 35.1 Å². The fourth-order valence-corrected chi connectivity index (χ4v) is 6.93. The second kappa shape index (κ2) is 9.22. The molecule has 8 heteroatoms. The molecule has 6 nitrogen and oxygen atoms in total. The van der Waals surface area contributed by atoms with Crippen molar-refractivity contribution in [2.24, 2.45) is 0 Å². The zero-order valence-corrected chi connectivity index (χ0v) is 21.1. The number of rotatable bonds is 5. The second-order valence-electron chi connectivity index (χ2n) is 10.2. The minimum atomic E-state index is -3.12. The van der Waals surface area contributed by atoms with Gasteiger partial charge in [-0.2, -0.15) is 4.31 Å². The summed E-state index contributed by atoms with van der Waals surface area (Å²) in [6.45, 7) is 4.33. The van der Waals surface area contributed by atoms with Gasteiger partial charge in [-0.1, -0.05) is 24.3 Å². The normalized spacial score (nSPS) is 26.4. The van der Waals surface area contributed by atoms with E-state index >= 15 is 0 Å². The Morgan fingerprint density at radius 2 is 1.68 bits per heavy atom. The van der Waals surface area contributed by atoms with E-state index in [1.54, 1.807) is 10.4 Å². The fraction of sp³-hybridized carbons (Fsp3) is 0.538. The molecule has 0 unspecified atom stereocenters. The van der Waals surface area contributed by atoms with E-state index in [-0.39, 0.29) is 11.9 Å². The third kappa shape index (κ3) is 4.49. The van der Waals surface area contributed by atoms with Crippen LogP contribution in [0.4, 0.5) is 10.1 Å². The summed E-state index contributed by atoms with van der Waals surface area (Å²) in [4.78, 5) is 7.05. The van der Waals surface area contributed by atoms with Crippen LogP contribution in [0.2, 0.25) is 0 Å². The molecule has 2 fully saturated rings. The molecule has 1 aliphatic carbocycles. The predicted octanol–water partition coefficient (Wildman–Crippen LogP) is 2.92. The number of anilines is 1. The Morgan fingerprint density at radius 1 is 0.971 bits per heavy atom. The third-order valence-corrected chi connectivity index (χ3v) is 9.28. The Hall–Kier alpha value is -2.00. The number of hydrogen-bond donors (Lipinski definition) is 0. The molecule has 2 aromatic rings. The Morgan fingerprint density at radius 3 is 2.32 bits per heavy atom. The van der Waals surface area contributed by atoms with Crippen LogP contribution < -0.4 is 4.90 Å². The Kier molecular flexibility index (Phi) is 6.44. The van der Waals surface area contributed by atoms with Gasteiger partial charge in [-0.05, 0) is 56.3 Å². The molecule has 2 saturated heterocycles. The SMILES string of the molecule is CN(C)[C@@H]1CN([C@@H]2CCc3cccc(F)c32)C[C@H]1c1ccc(N2CCN(S(C)(=O)=O)CC2)cc1. The lowest BCUT2D eigenvalue weighted by Gasteiger charge is -2.35. The van der Waals surface area contributed by atoms with Crippen molar-refractivity contribution in [2.75, 3.05) is 64.5 Å². The van der Waals surface area contributed by atoms with Gasteiger partial charge in [-0.25, -0.2) is 12.8 Å². The van der Waals surface area contributed by atoms with Gasteiger partial charge in [0.05, 0.1) is 6.26 Å². The first-order valence-electron chi connectivity index (χ1n) is 12.2. The van der Waals surface area contributed by atoms with Crippen LogP contribution in [0, 0.1) is 5.82 Å². The van der Waals surface area contributed by atoms with Crippen molar-refractivity contribution in [3.63, 3.8) is 0 Å². The number of hydrogen-bond acceptors (Lipinski definition) is 5. The molecular formula is C26H35FN4O2S. The molecule has 0 spiro atoms. The highest BCUT2D eigenvalue weighted by Gasteiger charge is 2.41. The highest BCUT2D eigenvalue weighted by molar-refractivity contribution is 7.88. The topological polar surface area (TPSA) is 47.1 Å². The second-order valence-corrected chi connectivity index (χ2v) is 12.2. The fourth-order valence-electron chi connectivity index (χ4n) is 6.11. The summed E-state index contributed by atoms with van der Waals surface area (Å²) in [7, 11) is 1.15. The average Bonchev–Trinajstić information content (AvgIpc) is 3.44. The van der Waals surface area contributed by atoms with Gasteiger partial charge in [0.25, 0.3) is 0 Å². The van der Waals surface area contributed by atoms with Crippen LogP contribution in [-0.2, 0) is 16.4 Å². The van der Waals surface area contributed by atoms with Crippen LogP contribution in [0.25, 0.3) is 0 Å². The molecule has 0 bridgehead atoms. The van der Waals surface area contributed by atoms with Crippen molar-refractivity contribution in [3.8, 4) is 0 Å². The van der Waals surface area contributed by atoms with Gasteiger partial charge in [-0.15, -0.1) is 0 Å².